The lowest BCUT2D eigenvalue weighted by Crippen LogP contribution is -2.12. The lowest BCUT2D eigenvalue weighted by Gasteiger charge is -2.10. The summed E-state index contributed by atoms with van der Waals surface area (Å²) in [5.74, 6) is 0.569. The van der Waals surface area contributed by atoms with Gasteiger partial charge in [-0.15, -0.1) is 11.3 Å². The molecule has 0 aliphatic rings. The smallest absolute Gasteiger partial charge is 0.0349 e. The third-order valence-corrected chi connectivity index (χ3v) is 4.35. The zero-order valence-electron chi connectivity index (χ0n) is 12.1. The van der Waals surface area contributed by atoms with Crippen LogP contribution >= 0.6 is 11.3 Å². The van der Waals surface area contributed by atoms with Gasteiger partial charge in [0.15, 0.2) is 0 Å². The average Bonchev–Trinajstić information content (AvgIpc) is 2.88. The molecular weight excluding hydrogens is 250 g/mol. The molecule has 0 aliphatic carbocycles. The quantitative estimate of drug-likeness (QED) is 0.727. The van der Waals surface area contributed by atoms with Crippen molar-refractivity contribution in [3.63, 3.8) is 0 Å². The Balaban J connectivity index is 2.18. The van der Waals surface area contributed by atoms with E-state index < -0.39 is 0 Å². The van der Waals surface area contributed by atoms with Gasteiger partial charge < -0.3 is 5.32 Å². The Morgan fingerprint density at radius 2 is 1.89 bits per heavy atom. The summed E-state index contributed by atoms with van der Waals surface area (Å²) in [4.78, 5) is 2.81. The van der Waals surface area contributed by atoms with Gasteiger partial charge in [0.25, 0.3) is 0 Å². The summed E-state index contributed by atoms with van der Waals surface area (Å²) >= 11 is 1.91. The Bertz CT molecular complexity index is 513. The molecule has 0 spiro atoms. The maximum atomic E-state index is 3.46. The predicted octanol–water partition coefficient (Wildman–Crippen LogP) is 5.04. The van der Waals surface area contributed by atoms with Crippen molar-refractivity contribution >= 4 is 11.3 Å². The van der Waals surface area contributed by atoms with Crippen LogP contribution in [0.25, 0.3) is 10.4 Å². The van der Waals surface area contributed by atoms with Crippen LogP contribution in [0.2, 0.25) is 0 Å². The molecule has 0 saturated carbocycles. The molecular formula is C17H23NS. The molecule has 1 nitrogen and oxygen atoms in total. The molecule has 19 heavy (non-hydrogen) atoms. The van der Waals surface area contributed by atoms with Gasteiger partial charge in [-0.1, -0.05) is 45.0 Å². The summed E-state index contributed by atoms with van der Waals surface area (Å²) in [7, 11) is 0. The molecule has 0 fully saturated rings. The second-order valence-corrected chi connectivity index (χ2v) is 6.35. The average molecular weight is 273 g/mol. The highest BCUT2D eigenvalue weighted by molar-refractivity contribution is 7.15. The highest BCUT2D eigenvalue weighted by Gasteiger charge is 2.09. The van der Waals surface area contributed by atoms with Crippen LogP contribution in [0.5, 0.6) is 0 Å². The van der Waals surface area contributed by atoms with Crippen LogP contribution < -0.4 is 5.32 Å². The fourth-order valence-electron chi connectivity index (χ4n) is 2.23. The molecule has 1 N–H and O–H groups in total. The molecule has 2 rings (SSSR count). The van der Waals surface area contributed by atoms with Crippen molar-refractivity contribution in [2.24, 2.45) is 0 Å². The van der Waals surface area contributed by atoms with E-state index in [1.54, 1.807) is 0 Å². The monoisotopic (exact) mass is 273 g/mol. The van der Waals surface area contributed by atoms with Crippen LogP contribution in [-0.4, -0.2) is 6.54 Å². The topological polar surface area (TPSA) is 12.0 Å². The Hall–Kier alpha value is -1.12. The van der Waals surface area contributed by atoms with Crippen LogP contribution in [0.1, 0.15) is 43.6 Å². The Labute approximate surface area is 120 Å². The maximum Gasteiger partial charge on any atom is 0.0349 e. The Morgan fingerprint density at radius 3 is 2.63 bits per heavy atom. The predicted molar refractivity (Wildman–Crippen MR) is 85.8 cm³/mol. The summed E-state index contributed by atoms with van der Waals surface area (Å²) in [6.07, 6.45) is 1.19. The molecule has 0 atom stereocenters. The molecule has 1 aromatic heterocycles. The van der Waals surface area contributed by atoms with Crippen molar-refractivity contribution < 1.29 is 0 Å². The number of nitrogens with one attached hydrogen (secondary N) is 1. The normalized spacial score (nSPS) is 11.2. The van der Waals surface area contributed by atoms with E-state index in [4.69, 9.17) is 0 Å². The lowest BCUT2D eigenvalue weighted by molar-refractivity contribution is 0.681. The van der Waals surface area contributed by atoms with E-state index in [2.05, 4.69) is 62.5 Å². The summed E-state index contributed by atoms with van der Waals surface area (Å²) in [5.41, 5.74) is 2.83. The van der Waals surface area contributed by atoms with Crippen molar-refractivity contribution in [1.29, 1.82) is 0 Å². The second-order valence-electron chi connectivity index (χ2n) is 5.18. The second kappa shape index (κ2) is 6.88. The molecule has 0 saturated heterocycles. The first-order valence-corrected chi connectivity index (χ1v) is 7.92. The minimum absolute atomic E-state index is 0.569. The van der Waals surface area contributed by atoms with E-state index in [0.29, 0.717) is 5.92 Å². The molecule has 1 heterocycles. The van der Waals surface area contributed by atoms with Crippen LogP contribution in [-0.2, 0) is 6.54 Å². The van der Waals surface area contributed by atoms with Gasteiger partial charge in [-0.05, 0) is 42.1 Å². The van der Waals surface area contributed by atoms with Crippen molar-refractivity contribution in [2.75, 3.05) is 6.54 Å². The van der Waals surface area contributed by atoms with Crippen LogP contribution in [0, 0.1) is 0 Å². The van der Waals surface area contributed by atoms with E-state index in [-0.39, 0.29) is 0 Å². The van der Waals surface area contributed by atoms with E-state index in [0.717, 1.165) is 13.1 Å². The van der Waals surface area contributed by atoms with Crippen molar-refractivity contribution in [3.05, 3.63) is 46.8 Å². The number of hydrogen-bond acceptors (Lipinski definition) is 2. The maximum absolute atomic E-state index is 3.46. The van der Waals surface area contributed by atoms with Crippen molar-refractivity contribution in [3.8, 4) is 10.4 Å². The number of rotatable bonds is 6. The highest BCUT2D eigenvalue weighted by atomic mass is 32.1. The molecule has 102 valence electrons. The summed E-state index contributed by atoms with van der Waals surface area (Å²) in [5, 5.41) is 3.46. The van der Waals surface area contributed by atoms with Crippen molar-refractivity contribution in [2.45, 2.75) is 39.7 Å². The first kappa shape index (κ1) is 14.3. The fraction of sp³-hybridized carbons (Fsp3) is 0.412. The molecule has 0 aliphatic heterocycles. The molecule has 2 aromatic rings. The van der Waals surface area contributed by atoms with E-state index in [9.17, 15) is 0 Å². The molecule has 0 bridgehead atoms. The fourth-order valence-corrected chi connectivity index (χ4v) is 3.26. The number of thiophene rings is 1. The number of hydrogen-bond donors (Lipinski definition) is 1. The molecule has 0 radical (unpaired) electrons. The van der Waals surface area contributed by atoms with Gasteiger partial charge in [-0.2, -0.15) is 0 Å². The van der Waals surface area contributed by atoms with Gasteiger partial charge in [-0.25, -0.2) is 0 Å². The van der Waals surface area contributed by atoms with Crippen LogP contribution in [0.15, 0.2) is 36.4 Å². The van der Waals surface area contributed by atoms with Gasteiger partial charge in [0.1, 0.15) is 0 Å². The largest absolute Gasteiger partial charge is 0.312 e. The van der Waals surface area contributed by atoms with E-state index in [1.165, 1.54) is 27.3 Å². The first-order valence-electron chi connectivity index (χ1n) is 7.11. The van der Waals surface area contributed by atoms with Crippen LogP contribution in [0.4, 0.5) is 0 Å². The molecule has 0 unspecified atom stereocenters. The van der Waals surface area contributed by atoms with E-state index >= 15 is 0 Å². The minimum atomic E-state index is 0.569. The molecule has 2 heteroatoms. The Morgan fingerprint density at radius 1 is 1.11 bits per heavy atom. The van der Waals surface area contributed by atoms with Gasteiger partial charge in [-0.3, -0.25) is 0 Å². The highest BCUT2D eigenvalue weighted by Crippen LogP contribution is 2.33. The van der Waals surface area contributed by atoms with Crippen molar-refractivity contribution in [1.82, 2.24) is 5.32 Å². The zero-order valence-corrected chi connectivity index (χ0v) is 12.9. The van der Waals surface area contributed by atoms with E-state index in [1.807, 2.05) is 11.3 Å². The molecule has 0 amide bonds. The van der Waals surface area contributed by atoms with Gasteiger partial charge in [0.2, 0.25) is 0 Å². The number of benzene rings is 1. The van der Waals surface area contributed by atoms with Crippen LogP contribution in [0.3, 0.4) is 0 Å². The first-order chi connectivity index (χ1) is 9.22. The van der Waals surface area contributed by atoms with Gasteiger partial charge in [0.05, 0.1) is 0 Å². The van der Waals surface area contributed by atoms with Gasteiger partial charge in [0, 0.05) is 16.3 Å². The summed E-state index contributed by atoms with van der Waals surface area (Å²) in [6, 6.07) is 13.3. The third kappa shape index (κ3) is 3.68. The lowest BCUT2D eigenvalue weighted by atomic mass is 9.96. The summed E-state index contributed by atoms with van der Waals surface area (Å²) in [6.45, 7) is 8.80. The zero-order chi connectivity index (χ0) is 13.7. The Kier molecular flexibility index (Phi) is 5.17. The standard InChI is InChI=1S/C17H23NS/c1-4-11-18-12-14-9-10-17(19-14)16-8-6-5-7-15(16)13(2)3/h5-10,13,18H,4,11-12H2,1-3H3. The summed E-state index contributed by atoms with van der Waals surface area (Å²) < 4.78 is 0. The third-order valence-electron chi connectivity index (χ3n) is 3.24. The minimum Gasteiger partial charge on any atom is -0.312 e. The SMILES string of the molecule is CCCNCc1ccc(-c2ccccc2C(C)C)s1. The molecule has 1 aromatic carbocycles. The van der Waals surface area contributed by atoms with Gasteiger partial charge >= 0.3 is 0 Å².